The lowest BCUT2D eigenvalue weighted by atomic mass is 10.1. The highest BCUT2D eigenvalue weighted by Crippen LogP contribution is 2.29. The van der Waals surface area contributed by atoms with Gasteiger partial charge in [0.05, 0.1) is 18.7 Å². The number of aryl methyl sites for hydroxylation is 1. The van der Waals surface area contributed by atoms with Crippen molar-refractivity contribution in [2.75, 3.05) is 25.1 Å². The number of nitrogens with zero attached hydrogens (tertiary/aromatic N) is 3. The van der Waals surface area contributed by atoms with Crippen LogP contribution in [0.3, 0.4) is 0 Å². The van der Waals surface area contributed by atoms with Gasteiger partial charge in [-0.3, -0.25) is 0 Å². The Morgan fingerprint density at radius 3 is 2.81 bits per heavy atom. The number of rotatable bonds is 4. The molecular formula is C17H19N3O. The number of fused-ring (bicyclic) bond motifs is 1. The van der Waals surface area contributed by atoms with Gasteiger partial charge in [0, 0.05) is 31.0 Å². The first-order valence-electron chi connectivity index (χ1n) is 7.41. The highest BCUT2D eigenvalue weighted by Gasteiger charge is 2.18. The van der Waals surface area contributed by atoms with Crippen molar-refractivity contribution in [3.8, 4) is 11.8 Å². The first kappa shape index (κ1) is 13.7. The van der Waals surface area contributed by atoms with Gasteiger partial charge >= 0.3 is 0 Å². The van der Waals surface area contributed by atoms with E-state index in [2.05, 4.69) is 17.0 Å². The van der Waals surface area contributed by atoms with Crippen LogP contribution >= 0.6 is 0 Å². The standard InChI is InChI=1S/C17H19N3O/c1-21-15-7-6-13-11-14(5-4-8-18)17(19-16(13)12-15)20-9-2-3-10-20/h6-7,11-12H,2-5,9-10H2,1H3. The van der Waals surface area contributed by atoms with Gasteiger partial charge < -0.3 is 9.64 Å². The van der Waals surface area contributed by atoms with Gasteiger partial charge in [0.2, 0.25) is 0 Å². The number of pyridine rings is 1. The Kier molecular flexibility index (Phi) is 3.92. The summed E-state index contributed by atoms with van der Waals surface area (Å²) < 4.78 is 5.29. The van der Waals surface area contributed by atoms with Gasteiger partial charge in [0.15, 0.2) is 0 Å². The summed E-state index contributed by atoms with van der Waals surface area (Å²) in [5, 5.41) is 9.97. The highest BCUT2D eigenvalue weighted by atomic mass is 16.5. The third-order valence-corrected chi connectivity index (χ3v) is 3.99. The number of ether oxygens (including phenoxy) is 1. The summed E-state index contributed by atoms with van der Waals surface area (Å²) in [5.41, 5.74) is 2.13. The van der Waals surface area contributed by atoms with Crippen molar-refractivity contribution in [3.63, 3.8) is 0 Å². The van der Waals surface area contributed by atoms with E-state index >= 15 is 0 Å². The number of methoxy groups -OCH3 is 1. The molecule has 0 spiro atoms. The lowest BCUT2D eigenvalue weighted by Gasteiger charge is -2.20. The van der Waals surface area contributed by atoms with Crippen LogP contribution in [0, 0.1) is 11.3 Å². The fraction of sp³-hybridized carbons (Fsp3) is 0.412. The number of anilines is 1. The molecule has 108 valence electrons. The Balaban J connectivity index is 2.08. The molecule has 1 aromatic carbocycles. The molecule has 0 unspecified atom stereocenters. The van der Waals surface area contributed by atoms with Crippen molar-refractivity contribution in [1.82, 2.24) is 4.98 Å². The minimum absolute atomic E-state index is 0.532. The monoisotopic (exact) mass is 281 g/mol. The van der Waals surface area contributed by atoms with E-state index in [0.717, 1.165) is 42.0 Å². The fourth-order valence-corrected chi connectivity index (χ4v) is 2.88. The molecule has 1 fully saturated rings. The summed E-state index contributed by atoms with van der Waals surface area (Å²) in [5.74, 6) is 1.87. The zero-order valence-electron chi connectivity index (χ0n) is 12.3. The average Bonchev–Trinajstić information content (AvgIpc) is 3.05. The van der Waals surface area contributed by atoms with E-state index in [1.54, 1.807) is 7.11 Å². The van der Waals surface area contributed by atoms with E-state index in [-0.39, 0.29) is 0 Å². The average molecular weight is 281 g/mol. The number of hydrogen-bond acceptors (Lipinski definition) is 4. The lowest BCUT2D eigenvalue weighted by molar-refractivity contribution is 0.415. The van der Waals surface area contributed by atoms with Crippen LogP contribution in [0.25, 0.3) is 10.9 Å². The summed E-state index contributed by atoms with van der Waals surface area (Å²) in [6.45, 7) is 2.12. The maximum absolute atomic E-state index is 8.86. The second-order valence-corrected chi connectivity index (χ2v) is 5.38. The number of benzene rings is 1. The second kappa shape index (κ2) is 6.01. The molecule has 4 nitrogen and oxygen atoms in total. The fourth-order valence-electron chi connectivity index (χ4n) is 2.88. The van der Waals surface area contributed by atoms with Gasteiger partial charge in [-0.1, -0.05) is 0 Å². The van der Waals surface area contributed by atoms with Crippen LogP contribution < -0.4 is 9.64 Å². The minimum Gasteiger partial charge on any atom is -0.497 e. The molecule has 0 amide bonds. The highest BCUT2D eigenvalue weighted by molar-refractivity contribution is 5.83. The van der Waals surface area contributed by atoms with Gasteiger partial charge in [-0.15, -0.1) is 0 Å². The van der Waals surface area contributed by atoms with Crippen molar-refractivity contribution < 1.29 is 4.74 Å². The van der Waals surface area contributed by atoms with Crippen LogP contribution in [-0.2, 0) is 6.42 Å². The Hall–Kier alpha value is -2.28. The normalized spacial score (nSPS) is 14.4. The predicted molar refractivity (Wildman–Crippen MR) is 83.7 cm³/mol. The van der Waals surface area contributed by atoms with Crippen LogP contribution in [0.2, 0.25) is 0 Å². The lowest BCUT2D eigenvalue weighted by Crippen LogP contribution is -2.20. The first-order valence-corrected chi connectivity index (χ1v) is 7.41. The van der Waals surface area contributed by atoms with Crippen LogP contribution in [0.1, 0.15) is 24.8 Å². The molecule has 0 atom stereocenters. The summed E-state index contributed by atoms with van der Waals surface area (Å²) >= 11 is 0. The minimum atomic E-state index is 0.532. The van der Waals surface area contributed by atoms with Crippen molar-refractivity contribution in [1.29, 1.82) is 5.26 Å². The zero-order valence-corrected chi connectivity index (χ0v) is 12.3. The molecule has 2 heterocycles. The molecule has 1 saturated heterocycles. The topological polar surface area (TPSA) is 49.1 Å². The SMILES string of the molecule is COc1ccc2cc(CCC#N)c(N3CCCC3)nc2c1. The molecule has 3 rings (SSSR count). The third-order valence-electron chi connectivity index (χ3n) is 3.99. The molecule has 0 N–H and O–H groups in total. The smallest absolute Gasteiger partial charge is 0.132 e. The third kappa shape index (κ3) is 2.78. The van der Waals surface area contributed by atoms with E-state index in [1.165, 1.54) is 18.4 Å². The van der Waals surface area contributed by atoms with E-state index < -0.39 is 0 Å². The molecule has 2 aromatic rings. The Bertz CT molecular complexity index is 684. The summed E-state index contributed by atoms with van der Waals surface area (Å²) in [4.78, 5) is 7.19. The largest absolute Gasteiger partial charge is 0.497 e. The van der Waals surface area contributed by atoms with Gasteiger partial charge in [-0.05, 0) is 43.0 Å². The Labute approximate surface area is 125 Å². The molecule has 1 aliphatic heterocycles. The molecule has 0 radical (unpaired) electrons. The molecule has 1 aliphatic rings. The van der Waals surface area contributed by atoms with Crippen molar-refractivity contribution in [2.24, 2.45) is 0 Å². The van der Waals surface area contributed by atoms with Gasteiger partial charge in [0.1, 0.15) is 11.6 Å². The van der Waals surface area contributed by atoms with Crippen LogP contribution in [0.15, 0.2) is 24.3 Å². The van der Waals surface area contributed by atoms with Gasteiger partial charge in [-0.2, -0.15) is 5.26 Å². The quantitative estimate of drug-likeness (QED) is 0.862. The summed E-state index contributed by atoms with van der Waals surface area (Å²) in [6, 6.07) is 10.4. The number of aromatic nitrogens is 1. The van der Waals surface area contributed by atoms with Gasteiger partial charge in [-0.25, -0.2) is 4.98 Å². The second-order valence-electron chi connectivity index (χ2n) is 5.38. The Morgan fingerprint density at radius 1 is 1.29 bits per heavy atom. The molecular weight excluding hydrogens is 262 g/mol. The summed E-state index contributed by atoms with van der Waals surface area (Å²) in [7, 11) is 1.67. The number of nitriles is 1. The van der Waals surface area contributed by atoms with Gasteiger partial charge in [0.25, 0.3) is 0 Å². The van der Waals surface area contributed by atoms with Crippen LogP contribution in [0.4, 0.5) is 5.82 Å². The molecule has 4 heteroatoms. The maximum atomic E-state index is 8.86. The summed E-state index contributed by atoms with van der Waals surface area (Å²) in [6.07, 6.45) is 3.73. The van der Waals surface area contributed by atoms with Crippen molar-refractivity contribution >= 4 is 16.7 Å². The molecule has 1 aromatic heterocycles. The van der Waals surface area contributed by atoms with Crippen LogP contribution in [0.5, 0.6) is 5.75 Å². The molecule has 21 heavy (non-hydrogen) atoms. The van der Waals surface area contributed by atoms with Crippen LogP contribution in [-0.4, -0.2) is 25.2 Å². The van der Waals surface area contributed by atoms with Crippen molar-refractivity contribution in [3.05, 3.63) is 29.8 Å². The van der Waals surface area contributed by atoms with E-state index in [0.29, 0.717) is 6.42 Å². The zero-order chi connectivity index (χ0) is 14.7. The molecule has 0 aliphatic carbocycles. The predicted octanol–water partition coefficient (Wildman–Crippen LogP) is 3.30. The van der Waals surface area contributed by atoms with E-state index in [1.807, 2.05) is 18.2 Å². The Morgan fingerprint density at radius 2 is 2.10 bits per heavy atom. The molecule has 0 saturated carbocycles. The molecule has 0 bridgehead atoms. The maximum Gasteiger partial charge on any atom is 0.132 e. The van der Waals surface area contributed by atoms with E-state index in [4.69, 9.17) is 15.0 Å². The van der Waals surface area contributed by atoms with Crippen molar-refractivity contribution in [2.45, 2.75) is 25.7 Å². The van der Waals surface area contributed by atoms with E-state index in [9.17, 15) is 0 Å². The number of hydrogen-bond donors (Lipinski definition) is 0. The first-order chi connectivity index (χ1) is 10.3.